The minimum Gasteiger partial charge on any atom is -0.358 e. The Morgan fingerprint density at radius 1 is 1.37 bits per heavy atom. The average molecular weight is 317 g/mol. The SMILES string of the molecule is CN(CCc1ccncc1)c1ncc(C#N)cc1Br. The summed E-state index contributed by atoms with van der Waals surface area (Å²) in [7, 11) is 1.99. The van der Waals surface area contributed by atoms with Crippen LogP contribution < -0.4 is 4.90 Å². The molecule has 4 nitrogen and oxygen atoms in total. The Kier molecular flexibility index (Phi) is 4.48. The van der Waals surface area contributed by atoms with Crippen LogP contribution in [0.1, 0.15) is 11.1 Å². The van der Waals surface area contributed by atoms with Crippen LogP contribution in [-0.4, -0.2) is 23.6 Å². The van der Waals surface area contributed by atoms with E-state index in [1.807, 2.05) is 19.2 Å². The summed E-state index contributed by atoms with van der Waals surface area (Å²) in [6.45, 7) is 0.849. The van der Waals surface area contributed by atoms with E-state index in [4.69, 9.17) is 5.26 Å². The van der Waals surface area contributed by atoms with E-state index >= 15 is 0 Å². The van der Waals surface area contributed by atoms with Crippen molar-refractivity contribution >= 4 is 21.7 Å². The molecule has 2 rings (SSSR count). The molecular weight excluding hydrogens is 304 g/mol. The fraction of sp³-hybridized carbons (Fsp3) is 0.214. The molecule has 96 valence electrons. The molecule has 0 aliphatic carbocycles. The average Bonchev–Trinajstić information content (AvgIpc) is 2.45. The molecule has 19 heavy (non-hydrogen) atoms. The Balaban J connectivity index is 2.04. The molecule has 0 aliphatic heterocycles. The largest absolute Gasteiger partial charge is 0.358 e. The number of hydrogen-bond acceptors (Lipinski definition) is 4. The van der Waals surface area contributed by atoms with Crippen molar-refractivity contribution in [1.82, 2.24) is 9.97 Å². The van der Waals surface area contributed by atoms with E-state index in [1.54, 1.807) is 24.7 Å². The monoisotopic (exact) mass is 316 g/mol. The summed E-state index contributed by atoms with van der Waals surface area (Å²) in [6.07, 6.45) is 6.10. The summed E-state index contributed by atoms with van der Waals surface area (Å²) in [6, 6.07) is 7.87. The van der Waals surface area contributed by atoms with Crippen LogP contribution in [-0.2, 0) is 6.42 Å². The van der Waals surface area contributed by atoms with Crippen molar-refractivity contribution in [2.45, 2.75) is 6.42 Å². The highest BCUT2D eigenvalue weighted by molar-refractivity contribution is 9.10. The third kappa shape index (κ3) is 3.52. The number of rotatable bonds is 4. The van der Waals surface area contributed by atoms with Crippen molar-refractivity contribution < 1.29 is 0 Å². The smallest absolute Gasteiger partial charge is 0.142 e. The Bertz CT molecular complexity index is 592. The molecule has 0 saturated carbocycles. The van der Waals surface area contributed by atoms with E-state index in [0.29, 0.717) is 5.56 Å². The molecule has 2 aromatic heterocycles. The first-order valence-electron chi connectivity index (χ1n) is 5.86. The molecule has 0 fully saturated rings. The minimum absolute atomic E-state index is 0.554. The quantitative estimate of drug-likeness (QED) is 0.870. The molecule has 0 aromatic carbocycles. The normalized spacial score (nSPS) is 9.95. The van der Waals surface area contributed by atoms with Crippen LogP contribution in [0.25, 0.3) is 0 Å². The zero-order valence-electron chi connectivity index (χ0n) is 10.5. The van der Waals surface area contributed by atoms with Crippen LogP contribution in [0.4, 0.5) is 5.82 Å². The lowest BCUT2D eigenvalue weighted by Gasteiger charge is -2.19. The molecule has 0 spiro atoms. The lowest BCUT2D eigenvalue weighted by molar-refractivity contribution is 0.855. The van der Waals surface area contributed by atoms with Crippen LogP contribution in [0.3, 0.4) is 0 Å². The third-order valence-electron chi connectivity index (χ3n) is 2.80. The maximum atomic E-state index is 8.81. The molecular formula is C14H13BrN4. The van der Waals surface area contributed by atoms with Crippen LogP contribution >= 0.6 is 15.9 Å². The molecule has 0 amide bonds. The van der Waals surface area contributed by atoms with Gasteiger partial charge < -0.3 is 4.90 Å². The maximum absolute atomic E-state index is 8.81. The number of nitriles is 1. The van der Waals surface area contributed by atoms with Gasteiger partial charge in [0.2, 0.25) is 0 Å². The van der Waals surface area contributed by atoms with E-state index < -0.39 is 0 Å². The van der Waals surface area contributed by atoms with Crippen molar-refractivity contribution in [3.05, 3.63) is 52.4 Å². The van der Waals surface area contributed by atoms with Crippen molar-refractivity contribution in [3.8, 4) is 6.07 Å². The summed E-state index contributed by atoms with van der Waals surface area (Å²) in [4.78, 5) is 10.4. The van der Waals surface area contributed by atoms with E-state index in [-0.39, 0.29) is 0 Å². The van der Waals surface area contributed by atoms with Gasteiger partial charge in [-0.15, -0.1) is 0 Å². The predicted molar refractivity (Wildman–Crippen MR) is 77.9 cm³/mol. The highest BCUT2D eigenvalue weighted by Gasteiger charge is 2.08. The predicted octanol–water partition coefficient (Wildman–Crippen LogP) is 2.79. The standard InChI is InChI=1S/C14H13BrN4/c1-19(7-4-11-2-5-17-6-3-11)14-13(15)8-12(9-16)10-18-14/h2-3,5-6,8,10H,4,7H2,1H3. The van der Waals surface area contributed by atoms with Gasteiger partial charge in [0.05, 0.1) is 10.0 Å². The van der Waals surface area contributed by atoms with Crippen molar-refractivity contribution in [3.63, 3.8) is 0 Å². The lowest BCUT2D eigenvalue weighted by Crippen LogP contribution is -2.21. The van der Waals surface area contributed by atoms with Gasteiger partial charge >= 0.3 is 0 Å². The van der Waals surface area contributed by atoms with Crippen LogP contribution in [0.2, 0.25) is 0 Å². The van der Waals surface area contributed by atoms with Crippen molar-refractivity contribution in [2.75, 3.05) is 18.5 Å². The van der Waals surface area contributed by atoms with Gasteiger partial charge in [-0.1, -0.05) is 0 Å². The first kappa shape index (κ1) is 13.5. The molecule has 5 heteroatoms. The number of aromatic nitrogens is 2. The molecule has 0 aliphatic rings. The highest BCUT2D eigenvalue weighted by Crippen LogP contribution is 2.23. The first-order valence-corrected chi connectivity index (χ1v) is 6.65. The molecule has 0 radical (unpaired) electrons. The fourth-order valence-electron chi connectivity index (χ4n) is 1.72. The number of likely N-dealkylation sites (N-methyl/N-ethyl adjacent to an activating group) is 1. The van der Waals surface area contributed by atoms with E-state index in [2.05, 4.69) is 36.9 Å². The number of hydrogen-bond donors (Lipinski definition) is 0. The molecule has 0 N–H and O–H groups in total. The highest BCUT2D eigenvalue weighted by atomic mass is 79.9. The van der Waals surface area contributed by atoms with Crippen molar-refractivity contribution in [2.24, 2.45) is 0 Å². The first-order chi connectivity index (χ1) is 9.20. The molecule has 0 atom stereocenters. The van der Waals surface area contributed by atoms with Crippen LogP contribution in [0.5, 0.6) is 0 Å². The Morgan fingerprint density at radius 3 is 2.74 bits per heavy atom. The van der Waals surface area contributed by atoms with Gasteiger partial charge in [-0.25, -0.2) is 4.98 Å². The van der Waals surface area contributed by atoms with Crippen LogP contribution in [0.15, 0.2) is 41.3 Å². The summed E-state index contributed by atoms with van der Waals surface area (Å²) in [5, 5.41) is 8.81. The van der Waals surface area contributed by atoms with Gasteiger partial charge in [-0.3, -0.25) is 4.98 Å². The molecule has 0 bridgehead atoms. The number of halogens is 1. The summed E-state index contributed by atoms with van der Waals surface area (Å²) < 4.78 is 0.837. The van der Waals surface area contributed by atoms with E-state index in [0.717, 1.165) is 23.3 Å². The number of pyridine rings is 2. The van der Waals surface area contributed by atoms with E-state index in [9.17, 15) is 0 Å². The molecule has 2 aromatic rings. The van der Waals surface area contributed by atoms with Gasteiger partial charge in [0.25, 0.3) is 0 Å². The van der Waals surface area contributed by atoms with E-state index in [1.165, 1.54) is 5.56 Å². The van der Waals surface area contributed by atoms with Gasteiger partial charge in [0.1, 0.15) is 11.9 Å². The fourth-order valence-corrected chi connectivity index (χ4v) is 2.38. The molecule has 0 unspecified atom stereocenters. The number of anilines is 1. The lowest BCUT2D eigenvalue weighted by atomic mass is 10.2. The van der Waals surface area contributed by atoms with Crippen LogP contribution in [0, 0.1) is 11.3 Å². The summed E-state index contributed by atoms with van der Waals surface area (Å²) in [5.74, 6) is 0.841. The second-order valence-electron chi connectivity index (χ2n) is 4.17. The topological polar surface area (TPSA) is 52.8 Å². The van der Waals surface area contributed by atoms with Gasteiger partial charge in [0, 0.05) is 32.2 Å². The van der Waals surface area contributed by atoms with Crippen molar-refractivity contribution in [1.29, 1.82) is 5.26 Å². The Morgan fingerprint density at radius 2 is 2.11 bits per heavy atom. The summed E-state index contributed by atoms with van der Waals surface area (Å²) in [5.41, 5.74) is 1.80. The number of nitrogens with zero attached hydrogens (tertiary/aromatic N) is 4. The molecule has 2 heterocycles. The van der Waals surface area contributed by atoms with Gasteiger partial charge in [-0.05, 0) is 46.1 Å². The zero-order chi connectivity index (χ0) is 13.7. The zero-order valence-corrected chi connectivity index (χ0v) is 12.1. The third-order valence-corrected chi connectivity index (χ3v) is 3.38. The Labute approximate surface area is 120 Å². The summed E-state index contributed by atoms with van der Waals surface area (Å²) >= 11 is 3.45. The van der Waals surface area contributed by atoms with Gasteiger partial charge in [-0.2, -0.15) is 5.26 Å². The second-order valence-corrected chi connectivity index (χ2v) is 5.02. The Hall–Kier alpha value is -1.93. The van der Waals surface area contributed by atoms with Gasteiger partial charge in [0.15, 0.2) is 0 Å². The molecule has 0 saturated heterocycles. The second kappa shape index (κ2) is 6.30. The maximum Gasteiger partial charge on any atom is 0.142 e. The minimum atomic E-state index is 0.554.